The van der Waals surface area contributed by atoms with E-state index in [4.69, 9.17) is 4.74 Å². The SMILES string of the molecule is CC(C)(C)OC(=O)N1C[C@@H]2C[C@@]3(C)[C@H](CCCC[C@@H]13)N2. The molecule has 2 aliphatic heterocycles. The average Bonchev–Trinajstić information content (AvgIpc) is 2.47. The van der Waals surface area contributed by atoms with E-state index >= 15 is 0 Å². The van der Waals surface area contributed by atoms with Gasteiger partial charge in [0, 0.05) is 30.1 Å². The summed E-state index contributed by atoms with van der Waals surface area (Å²) >= 11 is 0. The average molecular weight is 280 g/mol. The molecule has 1 amide bonds. The fourth-order valence-corrected chi connectivity index (χ4v) is 4.52. The lowest BCUT2D eigenvalue weighted by Gasteiger charge is -2.46. The fourth-order valence-electron chi connectivity index (χ4n) is 4.52. The van der Waals surface area contributed by atoms with E-state index in [1.54, 1.807) is 0 Å². The van der Waals surface area contributed by atoms with E-state index in [1.807, 2.05) is 25.7 Å². The van der Waals surface area contributed by atoms with Gasteiger partial charge in [0.2, 0.25) is 0 Å². The van der Waals surface area contributed by atoms with Crippen LogP contribution in [0.2, 0.25) is 0 Å². The van der Waals surface area contributed by atoms with Gasteiger partial charge in [-0.05, 0) is 40.0 Å². The first-order chi connectivity index (χ1) is 9.29. The number of rotatable bonds is 0. The van der Waals surface area contributed by atoms with Gasteiger partial charge in [-0.3, -0.25) is 0 Å². The van der Waals surface area contributed by atoms with E-state index in [2.05, 4.69) is 12.2 Å². The smallest absolute Gasteiger partial charge is 0.410 e. The molecule has 1 saturated carbocycles. The lowest BCUT2D eigenvalue weighted by atomic mass is 9.71. The van der Waals surface area contributed by atoms with Crippen LogP contribution < -0.4 is 5.32 Å². The number of likely N-dealkylation sites (tertiary alicyclic amines) is 1. The van der Waals surface area contributed by atoms with Crippen LogP contribution in [-0.4, -0.2) is 41.3 Å². The largest absolute Gasteiger partial charge is 0.444 e. The molecule has 1 aliphatic carbocycles. The molecule has 4 heteroatoms. The van der Waals surface area contributed by atoms with Gasteiger partial charge < -0.3 is 15.0 Å². The van der Waals surface area contributed by atoms with Gasteiger partial charge in [0.05, 0.1) is 0 Å². The number of piperidine rings is 1. The Bertz CT molecular complexity index is 404. The molecule has 4 nitrogen and oxygen atoms in total. The first-order valence-electron chi connectivity index (χ1n) is 8.05. The summed E-state index contributed by atoms with van der Waals surface area (Å²) in [5.41, 5.74) is -0.178. The van der Waals surface area contributed by atoms with Gasteiger partial charge in [-0.1, -0.05) is 19.8 Å². The summed E-state index contributed by atoms with van der Waals surface area (Å²) in [6.45, 7) is 9.01. The van der Waals surface area contributed by atoms with E-state index in [1.165, 1.54) is 25.7 Å². The van der Waals surface area contributed by atoms with Gasteiger partial charge in [0.15, 0.2) is 0 Å². The Labute approximate surface area is 122 Å². The number of ether oxygens (including phenoxy) is 1. The molecule has 3 aliphatic rings. The maximum absolute atomic E-state index is 12.6. The van der Waals surface area contributed by atoms with Gasteiger partial charge in [-0.2, -0.15) is 0 Å². The van der Waals surface area contributed by atoms with Crippen LogP contribution in [0.5, 0.6) is 0 Å². The summed E-state index contributed by atoms with van der Waals surface area (Å²) in [5, 5.41) is 3.76. The van der Waals surface area contributed by atoms with Gasteiger partial charge in [-0.25, -0.2) is 4.79 Å². The van der Waals surface area contributed by atoms with Crippen molar-refractivity contribution in [3.8, 4) is 0 Å². The quantitative estimate of drug-likeness (QED) is 0.742. The highest BCUT2D eigenvalue weighted by Gasteiger charge is 2.56. The predicted molar refractivity (Wildman–Crippen MR) is 78.6 cm³/mol. The molecule has 3 fully saturated rings. The van der Waals surface area contributed by atoms with Gasteiger partial charge in [0.1, 0.15) is 5.60 Å². The Kier molecular flexibility index (Phi) is 3.27. The lowest BCUT2D eigenvalue weighted by Crippen LogP contribution is -2.56. The van der Waals surface area contributed by atoms with Gasteiger partial charge in [0.25, 0.3) is 0 Å². The third kappa shape index (κ3) is 2.32. The molecule has 1 N–H and O–H groups in total. The van der Waals surface area contributed by atoms with E-state index in [-0.39, 0.29) is 11.5 Å². The van der Waals surface area contributed by atoms with Crippen molar-refractivity contribution in [3.05, 3.63) is 0 Å². The molecular weight excluding hydrogens is 252 g/mol. The van der Waals surface area contributed by atoms with Gasteiger partial charge >= 0.3 is 6.09 Å². The van der Waals surface area contributed by atoms with Crippen LogP contribution >= 0.6 is 0 Å². The molecule has 0 aromatic rings. The summed E-state index contributed by atoms with van der Waals surface area (Å²) in [7, 11) is 0. The van der Waals surface area contributed by atoms with E-state index < -0.39 is 5.60 Å². The first kappa shape index (κ1) is 14.2. The molecular formula is C16H28N2O2. The zero-order valence-electron chi connectivity index (χ0n) is 13.2. The van der Waals surface area contributed by atoms with Crippen molar-refractivity contribution < 1.29 is 9.53 Å². The van der Waals surface area contributed by atoms with Crippen LogP contribution in [0.1, 0.15) is 59.8 Å². The number of amides is 1. The van der Waals surface area contributed by atoms with E-state index in [0.29, 0.717) is 18.1 Å². The predicted octanol–water partition coefficient (Wildman–Crippen LogP) is 2.92. The zero-order valence-corrected chi connectivity index (χ0v) is 13.2. The molecule has 0 aromatic carbocycles. The molecule has 2 saturated heterocycles. The van der Waals surface area contributed by atoms with Crippen molar-refractivity contribution in [2.45, 2.75) is 83.5 Å². The van der Waals surface area contributed by atoms with Crippen LogP contribution in [0.3, 0.4) is 0 Å². The van der Waals surface area contributed by atoms with Crippen LogP contribution in [-0.2, 0) is 4.74 Å². The van der Waals surface area contributed by atoms with Crippen molar-refractivity contribution in [1.29, 1.82) is 0 Å². The van der Waals surface area contributed by atoms with Gasteiger partial charge in [-0.15, -0.1) is 0 Å². The first-order valence-corrected chi connectivity index (χ1v) is 8.05. The van der Waals surface area contributed by atoms with Crippen molar-refractivity contribution in [1.82, 2.24) is 10.2 Å². The second-order valence-electron chi connectivity index (χ2n) is 8.06. The number of fused-ring (bicyclic) bond motifs is 1. The Hall–Kier alpha value is -0.770. The number of carbonyl (C=O) groups is 1. The summed E-state index contributed by atoms with van der Waals surface area (Å²) in [6.07, 6.45) is 5.97. The van der Waals surface area contributed by atoms with E-state index in [0.717, 1.165) is 13.0 Å². The van der Waals surface area contributed by atoms with Crippen LogP contribution in [0.25, 0.3) is 0 Å². The molecule has 0 spiro atoms. The van der Waals surface area contributed by atoms with Crippen molar-refractivity contribution in [2.75, 3.05) is 6.54 Å². The summed E-state index contributed by atoms with van der Waals surface area (Å²) in [4.78, 5) is 14.6. The topological polar surface area (TPSA) is 41.6 Å². The molecule has 20 heavy (non-hydrogen) atoms. The number of hydrogen-bond donors (Lipinski definition) is 1. The van der Waals surface area contributed by atoms with Crippen molar-refractivity contribution in [3.63, 3.8) is 0 Å². The van der Waals surface area contributed by atoms with Crippen LogP contribution in [0.4, 0.5) is 4.79 Å². The highest BCUT2D eigenvalue weighted by molar-refractivity contribution is 5.69. The molecule has 0 unspecified atom stereocenters. The molecule has 4 atom stereocenters. The summed E-state index contributed by atoms with van der Waals surface area (Å²) in [5.74, 6) is 0. The van der Waals surface area contributed by atoms with Crippen LogP contribution in [0.15, 0.2) is 0 Å². The maximum Gasteiger partial charge on any atom is 0.410 e. The summed E-state index contributed by atoms with van der Waals surface area (Å²) < 4.78 is 5.64. The van der Waals surface area contributed by atoms with Crippen LogP contribution in [0, 0.1) is 5.41 Å². The number of carbonyl (C=O) groups excluding carboxylic acids is 1. The molecule has 3 rings (SSSR count). The summed E-state index contributed by atoms with van der Waals surface area (Å²) in [6, 6.07) is 1.37. The van der Waals surface area contributed by atoms with Crippen molar-refractivity contribution >= 4 is 6.09 Å². The lowest BCUT2D eigenvalue weighted by molar-refractivity contribution is -0.0147. The second-order valence-corrected chi connectivity index (χ2v) is 8.06. The molecule has 2 bridgehead atoms. The fraction of sp³-hybridized carbons (Fsp3) is 0.938. The molecule has 0 aromatic heterocycles. The zero-order chi connectivity index (χ0) is 14.5. The minimum Gasteiger partial charge on any atom is -0.444 e. The normalized spacial score (nSPS) is 40.4. The Morgan fingerprint density at radius 3 is 2.70 bits per heavy atom. The molecule has 114 valence electrons. The molecule has 0 radical (unpaired) electrons. The number of nitrogens with zero attached hydrogens (tertiary/aromatic N) is 1. The second kappa shape index (κ2) is 4.62. The van der Waals surface area contributed by atoms with Crippen molar-refractivity contribution in [2.24, 2.45) is 5.41 Å². The minimum absolute atomic E-state index is 0.122. The monoisotopic (exact) mass is 280 g/mol. The Morgan fingerprint density at radius 1 is 1.30 bits per heavy atom. The maximum atomic E-state index is 12.6. The molecule has 2 heterocycles. The minimum atomic E-state index is -0.411. The highest BCUT2D eigenvalue weighted by Crippen LogP contribution is 2.49. The third-order valence-electron chi connectivity index (χ3n) is 5.32. The highest BCUT2D eigenvalue weighted by atomic mass is 16.6. The number of hydrogen-bond acceptors (Lipinski definition) is 3. The number of nitrogens with one attached hydrogen (secondary N) is 1. The van der Waals surface area contributed by atoms with E-state index in [9.17, 15) is 4.79 Å². The third-order valence-corrected chi connectivity index (χ3v) is 5.32. The Morgan fingerprint density at radius 2 is 2.00 bits per heavy atom. The Balaban J connectivity index is 1.84. The standard InChI is InChI=1S/C16H28N2O2/c1-15(2,3)20-14(19)18-10-11-9-16(4)12(17-11)7-5-6-8-13(16)18/h11-13,17H,5-10H2,1-4H3/t11-,12-,13+,16-/m0/s1.